The number of furan rings is 1. The molecule has 0 bridgehead atoms. The molecule has 1 aliphatic rings. The van der Waals surface area contributed by atoms with Crippen LogP contribution in [0.4, 0.5) is 0 Å². The predicted molar refractivity (Wildman–Crippen MR) is 139 cm³/mol. The van der Waals surface area contributed by atoms with Gasteiger partial charge in [0, 0.05) is 16.3 Å². The van der Waals surface area contributed by atoms with Gasteiger partial charge in [-0.25, -0.2) is 0 Å². The van der Waals surface area contributed by atoms with Crippen LogP contribution >= 0.6 is 0 Å². The Bertz CT molecular complexity index is 1530. The molecule has 5 aromatic rings. The van der Waals surface area contributed by atoms with Gasteiger partial charge < -0.3 is 4.42 Å². The monoisotopic (exact) mass is 424 g/mol. The van der Waals surface area contributed by atoms with Crippen LogP contribution in [0.5, 0.6) is 0 Å². The summed E-state index contributed by atoms with van der Waals surface area (Å²) in [6.07, 6.45) is 11.0. The van der Waals surface area contributed by atoms with Gasteiger partial charge in [-0.05, 0) is 46.7 Å². The van der Waals surface area contributed by atoms with Crippen LogP contribution in [0, 0.1) is 0 Å². The number of rotatable bonds is 4. The van der Waals surface area contributed by atoms with Crippen LogP contribution in [-0.2, 0) is 6.42 Å². The standard InChI is InChI=1S/C32H24O/c1-2-9-25(10-3-1)26-11-6-8-23(16-19-26)22-24-17-20-27(21-18-24)28-13-7-14-30-29-12-4-5-15-31(29)33-32(28)30/h1-5,7-21H,6,22H2. The second-order valence-electron chi connectivity index (χ2n) is 8.53. The molecule has 4 aromatic carbocycles. The lowest BCUT2D eigenvalue weighted by molar-refractivity contribution is 0.670. The zero-order chi connectivity index (χ0) is 22.0. The number of benzene rings is 4. The fourth-order valence-corrected chi connectivity index (χ4v) is 4.66. The summed E-state index contributed by atoms with van der Waals surface area (Å²) in [6.45, 7) is 0. The maximum Gasteiger partial charge on any atom is 0.143 e. The van der Waals surface area contributed by atoms with Crippen LogP contribution in [-0.4, -0.2) is 0 Å². The van der Waals surface area contributed by atoms with Crippen molar-refractivity contribution < 1.29 is 4.42 Å². The Labute approximate surface area is 194 Å². The average molecular weight is 425 g/mol. The molecule has 0 saturated heterocycles. The molecular formula is C32H24O. The van der Waals surface area contributed by atoms with Crippen LogP contribution in [0.2, 0.25) is 0 Å². The van der Waals surface area contributed by atoms with Gasteiger partial charge in [-0.2, -0.15) is 0 Å². The third-order valence-electron chi connectivity index (χ3n) is 6.38. The zero-order valence-corrected chi connectivity index (χ0v) is 18.4. The Morgan fingerprint density at radius 3 is 2.27 bits per heavy atom. The molecule has 33 heavy (non-hydrogen) atoms. The van der Waals surface area contributed by atoms with Crippen LogP contribution in [0.1, 0.15) is 17.5 Å². The van der Waals surface area contributed by atoms with Gasteiger partial charge in [-0.1, -0.05) is 115 Å². The largest absolute Gasteiger partial charge is 0.455 e. The number of hydrogen-bond donors (Lipinski definition) is 0. The Balaban J connectivity index is 1.24. The van der Waals surface area contributed by atoms with Crippen LogP contribution in [0.25, 0.3) is 38.6 Å². The summed E-state index contributed by atoms with van der Waals surface area (Å²) < 4.78 is 6.23. The van der Waals surface area contributed by atoms with E-state index in [4.69, 9.17) is 4.42 Å². The SMILES string of the molecule is C1=CC(c2ccccc2)=CCC=C1Cc1ccc(-c2cccc3c2oc2ccccc23)cc1. The smallest absolute Gasteiger partial charge is 0.143 e. The van der Waals surface area contributed by atoms with Crippen molar-refractivity contribution in [1.82, 2.24) is 0 Å². The Morgan fingerprint density at radius 1 is 0.606 bits per heavy atom. The molecule has 0 aliphatic heterocycles. The molecule has 6 rings (SSSR count). The molecule has 1 nitrogen and oxygen atoms in total. The molecule has 0 atom stereocenters. The van der Waals surface area contributed by atoms with E-state index in [2.05, 4.69) is 109 Å². The normalized spacial score (nSPS) is 13.7. The second kappa shape index (κ2) is 8.44. The first-order chi connectivity index (χ1) is 16.3. The summed E-state index contributed by atoms with van der Waals surface area (Å²) in [4.78, 5) is 0. The summed E-state index contributed by atoms with van der Waals surface area (Å²) in [5.41, 5.74) is 9.44. The minimum absolute atomic E-state index is 0.932. The summed E-state index contributed by atoms with van der Waals surface area (Å²) in [5.74, 6) is 0. The molecule has 158 valence electrons. The minimum Gasteiger partial charge on any atom is -0.455 e. The van der Waals surface area contributed by atoms with E-state index in [9.17, 15) is 0 Å². The molecule has 1 heteroatoms. The highest BCUT2D eigenvalue weighted by Crippen LogP contribution is 2.35. The van der Waals surface area contributed by atoms with Gasteiger partial charge in [0.25, 0.3) is 0 Å². The molecule has 0 unspecified atom stereocenters. The highest BCUT2D eigenvalue weighted by Gasteiger charge is 2.11. The van der Waals surface area contributed by atoms with Crippen molar-refractivity contribution in [2.75, 3.05) is 0 Å². The first-order valence-corrected chi connectivity index (χ1v) is 11.5. The van der Waals surface area contributed by atoms with E-state index in [0.717, 1.165) is 29.6 Å². The lowest BCUT2D eigenvalue weighted by Gasteiger charge is -2.06. The van der Waals surface area contributed by atoms with Gasteiger partial charge in [0.2, 0.25) is 0 Å². The summed E-state index contributed by atoms with van der Waals surface area (Å²) in [7, 11) is 0. The first-order valence-electron chi connectivity index (χ1n) is 11.5. The molecule has 1 aliphatic carbocycles. The van der Waals surface area contributed by atoms with Crippen LogP contribution in [0.3, 0.4) is 0 Å². The molecule has 0 amide bonds. The molecule has 1 heterocycles. The van der Waals surface area contributed by atoms with Gasteiger partial charge in [0.05, 0.1) is 0 Å². The number of fused-ring (bicyclic) bond motifs is 3. The van der Waals surface area contributed by atoms with E-state index >= 15 is 0 Å². The van der Waals surface area contributed by atoms with Gasteiger partial charge in [0.1, 0.15) is 11.2 Å². The predicted octanol–water partition coefficient (Wildman–Crippen LogP) is 8.77. The molecule has 0 fully saturated rings. The van der Waals surface area contributed by atoms with Crippen LogP contribution < -0.4 is 0 Å². The Kier molecular flexibility index (Phi) is 5.01. The highest BCUT2D eigenvalue weighted by molar-refractivity contribution is 6.09. The summed E-state index contributed by atoms with van der Waals surface area (Å²) in [6, 6.07) is 34.1. The van der Waals surface area contributed by atoms with E-state index in [1.54, 1.807) is 0 Å². The van der Waals surface area contributed by atoms with Crippen molar-refractivity contribution in [3.05, 3.63) is 138 Å². The van der Waals surface area contributed by atoms with Crippen molar-refractivity contribution in [1.29, 1.82) is 0 Å². The second-order valence-corrected chi connectivity index (χ2v) is 8.53. The van der Waals surface area contributed by atoms with Gasteiger partial charge in [0.15, 0.2) is 0 Å². The van der Waals surface area contributed by atoms with Crippen molar-refractivity contribution in [3.63, 3.8) is 0 Å². The fraction of sp³-hybridized carbons (Fsp3) is 0.0625. The van der Waals surface area contributed by atoms with E-state index in [1.807, 2.05) is 12.1 Å². The van der Waals surface area contributed by atoms with Crippen molar-refractivity contribution in [3.8, 4) is 11.1 Å². The number of para-hydroxylation sites is 2. The van der Waals surface area contributed by atoms with E-state index in [-0.39, 0.29) is 0 Å². The summed E-state index contributed by atoms with van der Waals surface area (Å²) >= 11 is 0. The Hall–Kier alpha value is -4.10. The molecule has 0 spiro atoms. The molecule has 0 saturated carbocycles. The third-order valence-corrected chi connectivity index (χ3v) is 6.38. The van der Waals surface area contributed by atoms with Crippen molar-refractivity contribution in [2.24, 2.45) is 0 Å². The fourth-order valence-electron chi connectivity index (χ4n) is 4.66. The minimum atomic E-state index is 0.932. The maximum absolute atomic E-state index is 6.23. The third kappa shape index (κ3) is 3.83. The number of hydrogen-bond acceptors (Lipinski definition) is 1. The van der Waals surface area contributed by atoms with E-state index in [0.29, 0.717) is 0 Å². The van der Waals surface area contributed by atoms with E-state index < -0.39 is 0 Å². The zero-order valence-electron chi connectivity index (χ0n) is 18.4. The Morgan fingerprint density at radius 2 is 1.39 bits per heavy atom. The van der Waals surface area contributed by atoms with Gasteiger partial charge >= 0.3 is 0 Å². The van der Waals surface area contributed by atoms with Gasteiger partial charge in [-0.3, -0.25) is 0 Å². The van der Waals surface area contributed by atoms with Gasteiger partial charge in [-0.15, -0.1) is 0 Å². The number of allylic oxidation sites excluding steroid dienone is 6. The molecule has 0 radical (unpaired) electrons. The maximum atomic E-state index is 6.23. The highest BCUT2D eigenvalue weighted by atomic mass is 16.3. The quantitative estimate of drug-likeness (QED) is 0.281. The van der Waals surface area contributed by atoms with Crippen molar-refractivity contribution in [2.45, 2.75) is 12.8 Å². The topological polar surface area (TPSA) is 13.1 Å². The first kappa shape index (κ1) is 19.6. The van der Waals surface area contributed by atoms with E-state index in [1.165, 1.54) is 38.6 Å². The molecule has 0 N–H and O–H groups in total. The molecule has 1 aromatic heterocycles. The molecular weight excluding hydrogens is 400 g/mol. The summed E-state index contributed by atoms with van der Waals surface area (Å²) in [5, 5.41) is 2.34. The van der Waals surface area contributed by atoms with Crippen molar-refractivity contribution >= 4 is 27.5 Å². The average Bonchev–Trinajstić information content (AvgIpc) is 3.10. The lowest BCUT2D eigenvalue weighted by Crippen LogP contribution is -1.88. The lowest BCUT2D eigenvalue weighted by atomic mass is 9.98. The van der Waals surface area contributed by atoms with Crippen LogP contribution in [0.15, 0.2) is 131 Å².